The maximum atomic E-state index is 12.3. The Morgan fingerprint density at radius 1 is 1.50 bits per heavy atom. The first-order valence-electron chi connectivity index (χ1n) is 6.97. The standard InChI is InChI=1S/C13H19N3O5S/c1-21-13-5-4-11(7-12(13)16(17)18)22(19,20)15-9-10-3-2-6-14-8-10/h4-5,7,10,14-15H,2-3,6,8-9H2,1H3. The summed E-state index contributed by atoms with van der Waals surface area (Å²) < 4.78 is 31.9. The molecule has 1 unspecified atom stereocenters. The number of hydrogen-bond donors (Lipinski definition) is 2. The highest BCUT2D eigenvalue weighted by Gasteiger charge is 2.23. The van der Waals surface area contributed by atoms with Crippen LogP contribution in [0.1, 0.15) is 12.8 Å². The zero-order valence-corrected chi connectivity index (χ0v) is 13.1. The van der Waals surface area contributed by atoms with Gasteiger partial charge in [0.2, 0.25) is 10.0 Å². The van der Waals surface area contributed by atoms with Crippen LogP contribution in [-0.4, -0.2) is 40.1 Å². The Kier molecular flexibility index (Phi) is 5.33. The van der Waals surface area contributed by atoms with Gasteiger partial charge in [0, 0.05) is 12.6 Å². The van der Waals surface area contributed by atoms with E-state index in [2.05, 4.69) is 10.0 Å². The smallest absolute Gasteiger partial charge is 0.312 e. The molecular formula is C13H19N3O5S. The molecule has 0 aliphatic carbocycles. The Labute approximate surface area is 129 Å². The van der Waals surface area contributed by atoms with Crippen LogP contribution in [0.15, 0.2) is 23.1 Å². The number of nitrogens with zero attached hydrogens (tertiary/aromatic N) is 1. The molecule has 22 heavy (non-hydrogen) atoms. The predicted octanol–water partition coefficient (Wildman–Crippen LogP) is 0.881. The summed E-state index contributed by atoms with van der Waals surface area (Å²) in [5.74, 6) is 0.261. The summed E-state index contributed by atoms with van der Waals surface area (Å²) in [6.07, 6.45) is 1.97. The Hall–Kier alpha value is -1.71. The maximum absolute atomic E-state index is 12.3. The van der Waals surface area contributed by atoms with Crippen LogP contribution >= 0.6 is 0 Å². The van der Waals surface area contributed by atoms with Crippen molar-refractivity contribution >= 4 is 15.7 Å². The van der Waals surface area contributed by atoms with E-state index in [0.717, 1.165) is 32.0 Å². The molecule has 1 aliphatic rings. The average Bonchev–Trinajstić information content (AvgIpc) is 2.53. The van der Waals surface area contributed by atoms with Crippen LogP contribution in [0.25, 0.3) is 0 Å². The zero-order chi connectivity index (χ0) is 16.2. The summed E-state index contributed by atoms with van der Waals surface area (Å²) in [7, 11) is -2.48. The van der Waals surface area contributed by atoms with E-state index in [4.69, 9.17) is 4.74 Å². The van der Waals surface area contributed by atoms with Gasteiger partial charge in [0.25, 0.3) is 0 Å². The molecule has 1 heterocycles. The monoisotopic (exact) mass is 329 g/mol. The van der Waals surface area contributed by atoms with E-state index in [1.165, 1.54) is 19.2 Å². The summed E-state index contributed by atoms with van der Waals surface area (Å²) in [4.78, 5) is 10.2. The lowest BCUT2D eigenvalue weighted by atomic mass is 10.0. The second-order valence-corrected chi connectivity index (χ2v) is 6.92. The normalized spacial score (nSPS) is 18.9. The highest BCUT2D eigenvalue weighted by molar-refractivity contribution is 7.89. The number of benzene rings is 1. The Bertz CT molecular complexity index is 641. The highest BCUT2D eigenvalue weighted by atomic mass is 32.2. The fourth-order valence-corrected chi connectivity index (χ4v) is 3.52. The van der Waals surface area contributed by atoms with Gasteiger partial charge < -0.3 is 10.1 Å². The average molecular weight is 329 g/mol. The van der Waals surface area contributed by atoms with Gasteiger partial charge in [-0.25, -0.2) is 13.1 Å². The lowest BCUT2D eigenvalue weighted by Crippen LogP contribution is -2.38. The molecule has 1 aliphatic heterocycles. The summed E-state index contributed by atoms with van der Waals surface area (Å²) in [6.45, 7) is 2.04. The summed E-state index contributed by atoms with van der Waals surface area (Å²) in [5.41, 5.74) is -0.371. The number of nitro groups is 1. The van der Waals surface area contributed by atoms with Gasteiger partial charge in [0.15, 0.2) is 5.75 Å². The first kappa shape index (κ1) is 16.7. The number of piperidine rings is 1. The van der Waals surface area contributed by atoms with Crippen LogP contribution in [0.5, 0.6) is 5.75 Å². The summed E-state index contributed by atoms with van der Waals surface area (Å²) in [5, 5.41) is 14.2. The zero-order valence-electron chi connectivity index (χ0n) is 12.2. The molecule has 0 aromatic heterocycles. The SMILES string of the molecule is COc1ccc(S(=O)(=O)NCC2CCCNC2)cc1[N+](=O)[O-]. The van der Waals surface area contributed by atoms with Crippen LogP contribution in [0, 0.1) is 16.0 Å². The maximum Gasteiger partial charge on any atom is 0.312 e. The lowest BCUT2D eigenvalue weighted by Gasteiger charge is -2.22. The van der Waals surface area contributed by atoms with Crippen molar-refractivity contribution in [2.24, 2.45) is 5.92 Å². The van der Waals surface area contributed by atoms with Crippen LogP contribution in [0.2, 0.25) is 0 Å². The van der Waals surface area contributed by atoms with Crippen LogP contribution in [0.3, 0.4) is 0 Å². The van der Waals surface area contributed by atoms with Crippen molar-refractivity contribution in [2.75, 3.05) is 26.7 Å². The van der Waals surface area contributed by atoms with Crippen molar-refractivity contribution in [3.05, 3.63) is 28.3 Å². The van der Waals surface area contributed by atoms with Gasteiger partial charge in [-0.1, -0.05) is 0 Å². The molecule has 0 spiro atoms. The Balaban J connectivity index is 2.14. The van der Waals surface area contributed by atoms with E-state index in [1.54, 1.807) is 0 Å². The van der Waals surface area contributed by atoms with Crippen LogP contribution < -0.4 is 14.8 Å². The molecular weight excluding hydrogens is 310 g/mol. The second kappa shape index (κ2) is 7.03. The minimum Gasteiger partial charge on any atom is -0.490 e. The lowest BCUT2D eigenvalue weighted by molar-refractivity contribution is -0.386. The number of hydrogen-bond acceptors (Lipinski definition) is 6. The minimum atomic E-state index is -3.78. The molecule has 0 bridgehead atoms. The van der Waals surface area contributed by atoms with Gasteiger partial charge in [-0.3, -0.25) is 10.1 Å². The number of nitrogens with one attached hydrogen (secondary N) is 2. The van der Waals surface area contributed by atoms with Crippen LogP contribution in [0.4, 0.5) is 5.69 Å². The van der Waals surface area contributed by atoms with Crippen molar-refractivity contribution in [3.8, 4) is 5.75 Å². The van der Waals surface area contributed by atoms with E-state index >= 15 is 0 Å². The van der Waals surface area contributed by atoms with Gasteiger partial charge in [0.1, 0.15) is 0 Å². The molecule has 1 aromatic carbocycles. The van der Waals surface area contributed by atoms with Crippen molar-refractivity contribution in [3.63, 3.8) is 0 Å². The fourth-order valence-electron chi connectivity index (χ4n) is 2.39. The number of rotatable bonds is 6. The van der Waals surface area contributed by atoms with Gasteiger partial charge >= 0.3 is 5.69 Å². The highest BCUT2D eigenvalue weighted by Crippen LogP contribution is 2.29. The molecule has 1 fully saturated rings. The molecule has 9 heteroatoms. The first-order valence-corrected chi connectivity index (χ1v) is 8.45. The van der Waals surface area contributed by atoms with Crippen molar-refractivity contribution in [2.45, 2.75) is 17.7 Å². The summed E-state index contributed by atoms with van der Waals surface area (Å²) >= 11 is 0. The van der Waals surface area contributed by atoms with Gasteiger partial charge in [-0.2, -0.15) is 0 Å². The van der Waals surface area contributed by atoms with E-state index in [0.29, 0.717) is 6.54 Å². The molecule has 0 saturated carbocycles. The third-order valence-electron chi connectivity index (χ3n) is 3.62. The van der Waals surface area contributed by atoms with E-state index in [-0.39, 0.29) is 22.3 Å². The molecule has 8 nitrogen and oxygen atoms in total. The molecule has 2 N–H and O–H groups in total. The first-order chi connectivity index (χ1) is 10.4. The molecule has 122 valence electrons. The predicted molar refractivity (Wildman–Crippen MR) is 80.4 cm³/mol. The Morgan fingerprint density at radius 2 is 2.27 bits per heavy atom. The number of ether oxygens (including phenoxy) is 1. The number of sulfonamides is 1. The third-order valence-corrected chi connectivity index (χ3v) is 5.04. The topological polar surface area (TPSA) is 111 Å². The van der Waals surface area contributed by atoms with Gasteiger partial charge in [-0.15, -0.1) is 0 Å². The van der Waals surface area contributed by atoms with Crippen LogP contribution in [-0.2, 0) is 10.0 Å². The number of nitro benzene ring substituents is 1. The van der Waals surface area contributed by atoms with Crippen molar-refractivity contribution < 1.29 is 18.1 Å². The quantitative estimate of drug-likeness (QED) is 0.592. The molecule has 1 aromatic rings. The Morgan fingerprint density at radius 3 is 2.86 bits per heavy atom. The van der Waals surface area contributed by atoms with Gasteiger partial charge in [0.05, 0.1) is 16.9 Å². The van der Waals surface area contributed by atoms with E-state index in [1.807, 2.05) is 0 Å². The van der Waals surface area contributed by atoms with Crippen molar-refractivity contribution in [1.29, 1.82) is 0 Å². The molecule has 1 saturated heterocycles. The fraction of sp³-hybridized carbons (Fsp3) is 0.538. The summed E-state index contributed by atoms with van der Waals surface area (Å²) in [6, 6.07) is 3.60. The van der Waals surface area contributed by atoms with Gasteiger partial charge in [-0.05, 0) is 44.0 Å². The molecule has 1 atom stereocenters. The van der Waals surface area contributed by atoms with E-state index < -0.39 is 14.9 Å². The number of methoxy groups -OCH3 is 1. The third kappa shape index (κ3) is 3.93. The second-order valence-electron chi connectivity index (χ2n) is 5.16. The van der Waals surface area contributed by atoms with E-state index in [9.17, 15) is 18.5 Å². The largest absolute Gasteiger partial charge is 0.490 e. The minimum absolute atomic E-state index is 0.0282. The molecule has 0 amide bonds. The molecule has 0 radical (unpaired) electrons. The van der Waals surface area contributed by atoms with Crippen molar-refractivity contribution in [1.82, 2.24) is 10.0 Å². The molecule has 2 rings (SSSR count).